The van der Waals surface area contributed by atoms with Gasteiger partial charge in [-0.3, -0.25) is 9.59 Å². The second kappa shape index (κ2) is 5.32. The molecule has 1 saturated carbocycles. The maximum absolute atomic E-state index is 13.8. The SMILES string of the molecule is CCN(C(=O)[C@]12CC[C@@](C)(C(=O)O1)C2(C)C)c1cccc2ccccc12. The third-order valence-electron chi connectivity index (χ3n) is 7.05. The fraction of sp³-hybridized carbons (Fsp3) is 0.455. The van der Waals surface area contributed by atoms with Crippen molar-refractivity contribution < 1.29 is 14.3 Å². The Balaban J connectivity index is 1.83. The lowest BCUT2D eigenvalue weighted by Gasteiger charge is -2.39. The van der Waals surface area contributed by atoms with Crippen LogP contribution in [0.4, 0.5) is 5.69 Å². The van der Waals surface area contributed by atoms with Crippen LogP contribution in [-0.2, 0) is 14.3 Å². The average Bonchev–Trinajstić information content (AvgIpc) is 2.93. The van der Waals surface area contributed by atoms with E-state index in [2.05, 4.69) is 0 Å². The zero-order chi connectivity index (χ0) is 18.7. The number of hydrogen-bond acceptors (Lipinski definition) is 3. The molecule has 26 heavy (non-hydrogen) atoms. The molecule has 4 heteroatoms. The molecule has 4 nitrogen and oxygen atoms in total. The van der Waals surface area contributed by atoms with Crippen molar-refractivity contribution in [2.45, 2.75) is 46.1 Å². The van der Waals surface area contributed by atoms with Crippen LogP contribution in [0, 0.1) is 10.8 Å². The van der Waals surface area contributed by atoms with E-state index in [9.17, 15) is 9.59 Å². The van der Waals surface area contributed by atoms with Crippen LogP contribution in [0.5, 0.6) is 0 Å². The van der Waals surface area contributed by atoms with Gasteiger partial charge in [0.15, 0.2) is 5.60 Å². The van der Waals surface area contributed by atoms with Gasteiger partial charge in [0.05, 0.1) is 11.1 Å². The van der Waals surface area contributed by atoms with Crippen LogP contribution in [0.3, 0.4) is 0 Å². The van der Waals surface area contributed by atoms with E-state index in [1.165, 1.54) is 0 Å². The molecule has 0 radical (unpaired) electrons. The lowest BCUT2D eigenvalue weighted by atomic mass is 9.66. The lowest BCUT2D eigenvalue weighted by molar-refractivity contribution is -0.167. The number of ether oxygens (including phenoxy) is 1. The van der Waals surface area contributed by atoms with E-state index in [0.29, 0.717) is 19.4 Å². The minimum absolute atomic E-state index is 0.101. The molecule has 2 atom stereocenters. The number of nitrogens with zero attached hydrogens (tertiary/aromatic N) is 1. The summed E-state index contributed by atoms with van der Waals surface area (Å²) in [5, 5.41) is 2.12. The zero-order valence-electron chi connectivity index (χ0n) is 15.8. The summed E-state index contributed by atoms with van der Waals surface area (Å²) >= 11 is 0. The third-order valence-corrected chi connectivity index (χ3v) is 7.05. The summed E-state index contributed by atoms with van der Waals surface area (Å²) in [5.41, 5.74) is -1.34. The van der Waals surface area contributed by atoms with Crippen LogP contribution in [-0.4, -0.2) is 24.0 Å². The molecule has 2 aromatic rings. The van der Waals surface area contributed by atoms with Crippen molar-refractivity contribution in [1.29, 1.82) is 0 Å². The van der Waals surface area contributed by atoms with Crippen molar-refractivity contribution in [3.8, 4) is 0 Å². The summed E-state index contributed by atoms with van der Waals surface area (Å²) in [6.45, 7) is 8.43. The normalized spacial score (nSPS) is 29.0. The van der Waals surface area contributed by atoms with Gasteiger partial charge in [-0.1, -0.05) is 50.2 Å². The molecule has 4 rings (SSSR count). The number of carbonyl (C=O) groups is 2. The maximum Gasteiger partial charge on any atom is 0.313 e. The first-order chi connectivity index (χ1) is 12.3. The summed E-state index contributed by atoms with van der Waals surface area (Å²) in [4.78, 5) is 28.1. The molecule has 1 heterocycles. The van der Waals surface area contributed by atoms with Crippen LogP contribution in [0.1, 0.15) is 40.5 Å². The van der Waals surface area contributed by atoms with Crippen molar-refractivity contribution in [3.05, 3.63) is 42.5 Å². The quantitative estimate of drug-likeness (QED) is 0.774. The Labute approximate surface area is 154 Å². The Bertz CT molecular complexity index is 913. The lowest BCUT2D eigenvalue weighted by Crippen LogP contribution is -2.55. The molecule has 2 fully saturated rings. The van der Waals surface area contributed by atoms with E-state index >= 15 is 0 Å². The Kier molecular flexibility index (Phi) is 3.49. The number of carbonyl (C=O) groups excluding carboxylic acids is 2. The zero-order valence-corrected chi connectivity index (χ0v) is 15.8. The number of fused-ring (bicyclic) bond motifs is 3. The fourth-order valence-electron chi connectivity index (χ4n) is 4.81. The second-order valence-electron chi connectivity index (χ2n) is 8.22. The molecule has 2 aromatic carbocycles. The minimum Gasteiger partial charge on any atom is -0.448 e. The number of rotatable bonds is 3. The topological polar surface area (TPSA) is 46.6 Å². The predicted molar refractivity (Wildman–Crippen MR) is 102 cm³/mol. The highest BCUT2D eigenvalue weighted by Crippen LogP contribution is 2.66. The summed E-state index contributed by atoms with van der Waals surface area (Å²) in [6.07, 6.45) is 1.28. The Morgan fingerprint density at radius 3 is 2.38 bits per heavy atom. The highest BCUT2D eigenvalue weighted by molar-refractivity contribution is 6.09. The van der Waals surface area contributed by atoms with E-state index in [1.807, 2.05) is 70.2 Å². The van der Waals surface area contributed by atoms with Gasteiger partial charge in [-0.2, -0.15) is 0 Å². The summed E-state index contributed by atoms with van der Waals surface area (Å²) in [5.74, 6) is -0.341. The molecule has 2 bridgehead atoms. The smallest absolute Gasteiger partial charge is 0.313 e. The first-order valence-corrected chi connectivity index (χ1v) is 9.32. The molecular formula is C22H25NO3. The number of esters is 1. The van der Waals surface area contributed by atoms with Gasteiger partial charge in [-0.05, 0) is 38.1 Å². The second-order valence-corrected chi connectivity index (χ2v) is 8.22. The van der Waals surface area contributed by atoms with Gasteiger partial charge in [0, 0.05) is 17.3 Å². The van der Waals surface area contributed by atoms with Gasteiger partial charge in [0.1, 0.15) is 0 Å². The summed E-state index contributed by atoms with van der Waals surface area (Å²) in [6, 6.07) is 14.0. The van der Waals surface area contributed by atoms with Gasteiger partial charge in [-0.25, -0.2) is 0 Å². The fourth-order valence-corrected chi connectivity index (χ4v) is 4.81. The monoisotopic (exact) mass is 351 g/mol. The molecule has 0 aromatic heterocycles. The first-order valence-electron chi connectivity index (χ1n) is 9.32. The number of anilines is 1. The number of benzene rings is 2. The standard InChI is InChI=1S/C22H25NO3/c1-5-23(17-12-8-10-15-9-6-7-11-16(15)17)18(24)22-14-13-21(4,19(25)26-22)20(22,2)3/h6-12H,5,13-14H2,1-4H3/t21-,22-/m0/s1. The molecule has 1 amide bonds. The predicted octanol–water partition coefficient (Wildman–Crippen LogP) is 4.31. The van der Waals surface area contributed by atoms with Crippen molar-refractivity contribution in [3.63, 3.8) is 0 Å². The molecular weight excluding hydrogens is 326 g/mol. The molecule has 2 aliphatic rings. The van der Waals surface area contributed by atoms with Crippen LogP contribution >= 0.6 is 0 Å². The summed E-state index contributed by atoms with van der Waals surface area (Å²) < 4.78 is 5.81. The number of hydrogen-bond donors (Lipinski definition) is 0. The largest absolute Gasteiger partial charge is 0.448 e. The molecule has 0 N–H and O–H groups in total. The number of amides is 1. The molecule has 0 spiro atoms. The van der Waals surface area contributed by atoms with Crippen LogP contribution in [0.2, 0.25) is 0 Å². The molecule has 0 unspecified atom stereocenters. The third kappa shape index (κ3) is 1.85. The molecule has 1 aliphatic heterocycles. The van der Waals surface area contributed by atoms with Gasteiger partial charge in [-0.15, -0.1) is 0 Å². The van der Waals surface area contributed by atoms with Crippen molar-refractivity contribution in [2.24, 2.45) is 10.8 Å². The average molecular weight is 351 g/mol. The Morgan fingerprint density at radius 1 is 1.08 bits per heavy atom. The van der Waals surface area contributed by atoms with Gasteiger partial charge in [0.2, 0.25) is 0 Å². The van der Waals surface area contributed by atoms with E-state index in [4.69, 9.17) is 4.74 Å². The van der Waals surface area contributed by atoms with Crippen molar-refractivity contribution in [2.75, 3.05) is 11.4 Å². The van der Waals surface area contributed by atoms with E-state index < -0.39 is 16.4 Å². The molecule has 1 saturated heterocycles. The Morgan fingerprint density at radius 2 is 1.77 bits per heavy atom. The van der Waals surface area contributed by atoms with Crippen LogP contribution in [0.25, 0.3) is 10.8 Å². The van der Waals surface area contributed by atoms with Gasteiger partial charge in [0.25, 0.3) is 5.91 Å². The molecule has 136 valence electrons. The van der Waals surface area contributed by atoms with E-state index in [0.717, 1.165) is 16.5 Å². The number of likely N-dealkylation sites (N-methyl/N-ethyl adjacent to an activating group) is 1. The van der Waals surface area contributed by atoms with Crippen molar-refractivity contribution in [1.82, 2.24) is 0 Å². The Hall–Kier alpha value is -2.36. The summed E-state index contributed by atoms with van der Waals surface area (Å²) in [7, 11) is 0. The van der Waals surface area contributed by atoms with Crippen molar-refractivity contribution >= 4 is 28.3 Å². The highest BCUT2D eigenvalue weighted by atomic mass is 16.6. The maximum atomic E-state index is 13.8. The van der Waals surface area contributed by atoms with Gasteiger partial charge >= 0.3 is 5.97 Å². The highest BCUT2D eigenvalue weighted by Gasteiger charge is 2.76. The van der Waals surface area contributed by atoms with E-state index in [1.54, 1.807) is 4.90 Å². The van der Waals surface area contributed by atoms with Crippen LogP contribution < -0.4 is 4.90 Å². The van der Waals surface area contributed by atoms with Gasteiger partial charge < -0.3 is 9.64 Å². The van der Waals surface area contributed by atoms with E-state index in [-0.39, 0.29) is 11.9 Å². The molecule has 1 aliphatic carbocycles. The minimum atomic E-state index is -1.08. The first kappa shape index (κ1) is 17.1. The van der Waals surface area contributed by atoms with Crippen LogP contribution in [0.15, 0.2) is 42.5 Å².